The topological polar surface area (TPSA) is 42.0 Å². The summed E-state index contributed by atoms with van der Waals surface area (Å²) in [5, 5.41) is 4.02. The van der Waals surface area contributed by atoms with Crippen LogP contribution in [0.2, 0.25) is 10.3 Å². The van der Waals surface area contributed by atoms with Gasteiger partial charge in [-0.15, -0.1) is 11.3 Å². The molecule has 1 amide bonds. The number of thiophene rings is 1. The van der Waals surface area contributed by atoms with Crippen molar-refractivity contribution in [1.29, 1.82) is 0 Å². The van der Waals surface area contributed by atoms with E-state index in [1.807, 2.05) is 17.5 Å². The number of nitrogens with one attached hydrogen (secondary N) is 1. The van der Waals surface area contributed by atoms with E-state index in [0.29, 0.717) is 5.56 Å². The molecule has 1 atom stereocenters. The number of amides is 1. The molecule has 0 radical (unpaired) electrons. The molecule has 0 bridgehead atoms. The number of hydrogen-bond donors (Lipinski definition) is 1. The van der Waals surface area contributed by atoms with Crippen molar-refractivity contribution in [3.8, 4) is 0 Å². The molecule has 0 fully saturated rings. The van der Waals surface area contributed by atoms with Gasteiger partial charge in [0.05, 0.1) is 11.6 Å². The van der Waals surface area contributed by atoms with Gasteiger partial charge in [0.15, 0.2) is 11.0 Å². The quantitative estimate of drug-likeness (QED) is 0.609. The number of rotatable bonds is 4. The molecule has 0 aliphatic rings. The molecule has 2 heterocycles. The maximum Gasteiger partial charge on any atom is 0.255 e. The Hall–Kier alpha value is -2.02. The Morgan fingerprint density at radius 1 is 1.12 bits per heavy atom. The molecule has 8 heteroatoms. The smallest absolute Gasteiger partial charge is 0.255 e. The van der Waals surface area contributed by atoms with Crippen molar-refractivity contribution in [3.05, 3.63) is 85.8 Å². The van der Waals surface area contributed by atoms with Gasteiger partial charge in [0, 0.05) is 4.88 Å². The highest BCUT2D eigenvalue weighted by atomic mass is 35.5. The molecular weight excluding hydrogens is 389 g/mol. The predicted octanol–water partition coefficient (Wildman–Crippen LogP) is 5.25. The molecular formula is C17H10Cl2F2N2OS. The van der Waals surface area contributed by atoms with Crippen LogP contribution in [-0.2, 0) is 0 Å². The lowest BCUT2D eigenvalue weighted by Crippen LogP contribution is -2.29. The maximum atomic E-state index is 13.6. The Morgan fingerprint density at radius 3 is 2.48 bits per heavy atom. The lowest BCUT2D eigenvalue weighted by atomic mass is 10.0. The number of carbonyl (C=O) groups is 1. The van der Waals surface area contributed by atoms with E-state index in [9.17, 15) is 13.6 Å². The number of benzene rings is 1. The predicted molar refractivity (Wildman–Crippen MR) is 94.2 cm³/mol. The summed E-state index contributed by atoms with van der Waals surface area (Å²) in [7, 11) is 0. The highest BCUT2D eigenvalue weighted by molar-refractivity contribution is 7.10. The summed E-state index contributed by atoms with van der Waals surface area (Å²) in [6.07, 6.45) is 0. The van der Waals surface area contributed by atoms with E-state index >= 15 is 0 Å². The average molecular weight is 399 g/mol. The monoisotopic (exact) mass is 398 g/mol. The van der Waals surface area contributed by atoms with Crippen LogP contribution in [-0.4, -0.2) is 10.9 Å². The summed E-state index contributed by atoms with van der Waals surface area (Å²) in [4.78, 5) is 17.0. The Morgan fingerprint density at radius 2 is 1.84 bits per heavy atom. The van der Waals surface area contributed by atoms with Crippen molar-refractivity contribution in [2.24, 2.45) is 0 Å². The Kier molecular flexibility index (Phi) is 5.32. The van der Waals surface area contributed by atoms with E-state index in [-0.39, 0.29) is 16.5 Å². The summed E-state index contributed by atoms with van der Waals surface area (Å²) in [6.45, 7) is 0. The number of nitrogens with zero attached hydrogens (tertiary/aromatic N) is 1. The number of aromatic nitrogens is 1. The molecule has 3 aromatic rings. The van der Waals surface area contributed by atoms with Crippen LogP contribution in [0.25, 0.3) is 0 Å². The second-order valence-corrected chi connectivity index (χ2v) is 6.77. The molecule has 0 saturated heterocycles. The van der Waals surface area contributed by atoms with Crippen molar-refractivity contribution in [2.75, 3.05) is 0 Å². The molecule has 1 aromatic carbocycles. The molecule has 3 rings (SSSR count). The van der Waals surface area contributed by atoms with Gasteiger partial charge in [0.1, 0.15) is 11.0 Å². The first kappa shape index (κ1) is 17.8. The Labute approximate surface area is 156 Å². The summed E-state index contributed by atoms with van der Waals surface area (Å²) in [5.74, 6) is -1.84. The Bertz CT molecular complexity index is 902. The normalized spacial score (nSPS) is 12.0. The lowest BCUT2D eigenvalue weighted by molar-refractivity contribution is 0.0943. The lowest BCUT2D eigenvalue weighted by Gasteiger charge is -2.18. The minimum Gasteiger partial charge on any atom is -0.340 e. The maximum absolute atomic E-state index is 13.6. The number of pyridine rings is 1. The second-order valence-electron chi connectivity index (χ2n) is 5.07. The third-order valence-corrected chi connectivity index (χ3v) is 4.93. The third-order valence-electron chi connectivity index (χ3n) is 3.44. The van der Waals surface area contributed by atoms with Gasteiger partial charge in [0.2, 0.25) is 0 Å². The number of carbonyl (C=O) groups excluding carboxylic acids is 1. The van der Waals surface area contributed by atoms with Gasteiger partial charge in [-0.25, -0.2) is 13.8 Å². The van der Waals surface area contributed by atoms with Gasteiger partial charge >= 0.3 is 0 Å². The SMILES string of the molecule is O=C(N[C@@H](c1ccc(F)cc1)c1cccs1)c1cc(F)c(Cl)nc1Cl. The summed E-state index contributed by atoms with van der Waals surface area (Å²) in [5.41, 5.74) is 0.544. The first-order valence-electron chi connectivity index (χ1n) is 7.07. The van der Waals surface area contributed by atoms with Gasteiger partial charge in [-0.1, -0.05) is 41.4 Å². The van der Waals surface area contributed by atoms with E-state index in [4.69, 9.17) is 23.2 Å². The third kappa shape index (κ3) is 3.98. The van der Waals surface area contributed by atoms with Crippen LogP contribution < -0.4 is 5.32 Å². The molecule has 0 aliphatic heterocycles. The molecule has 25 heavy (non-hydrogen) atoms. The van der Waals surface area contributed by atoms with Crippen LogP contribution >= 0.6 is 34.5 Å². The average Bonchev–Trinajstić information content (AvgIpc) is 3.11. The van der Waals surface area contributed by atoms with E-state index < -0.39 is 22.9 Å². The largest absolute Gasteiger partial charge is 0.340 e. The number of hydrogen-bond acceptors (Lipinski definition) is 3. The van der Waals surface area contributed by atoms with Crippen LogP contribution in [0.4, 0.5) is 8.78 Å². The minimum absolute atomic E-state index is 0.132. The van der Waals surface area contributed by atoms with E-state index in [1.54, 1.807) is 12.1 Å². The molecule has 128 valence electrons. The van der Waals surface area contributed by atoms with Gasteiger partial charge in [0.25, 0.3) is 5.91 Å². The zero-order chi connectivity index (χ0) is 18.0. The van der Waals surface area contributed by atoms with Gasteiger partial charge < -0.3 is 5.32 Å². The fraction of sp³-hybridized carbons (Fsp3) is 0.0588. The fourth-order valence-electron chi connectivity index (χ4n) is 2.24. The standard InChI is InChI=1S/C17H10Cl2F2N2OS/c18-15-11(8-12(21)16(19)23-15)17(24)22-14(13-2-1-7-25-13)9-3-5-10(20)6-4-9/h1-8,14H,(H,22,24)/t14-/m0/s1. The molecule has 0 unspecified atom stereocenters. The zero-order valence-corrected chi connectivity index (χ0v) is 14.8. The van der Waals surface area contributed by atoms with Gasteiger partial charge in [-0.05, 0) is 35.2 Å². The molecule has 2 aromatic heterocycles. The van der Waals surface area contributed by atoms with Crippen LogP contribution in [0.1, 0.15) is 26.8 Å². The molecule has 0 aliphatic carbocycles. The summed E-state index contributed by atoms with van der Waals surface area (Å²) < 4.78 is 26.8. The van der Waals surface area contributed by atoms with Gasteiger partial charge in [-0.3, -0.25) is 4.79 Å². The molecule has 0 saturated carbocycles. The van der Waals surface area contributed by atoms with E-state index in [2.05, 4.69) is 10.3 Å². The van der Waals surface area contributed by atoms with Crippen molar-refractivity contribution < 1.29 is 13.6 Å². The second kappa shape index (κ2) is 7.47. The molecule has 1 N–H and O–H groups in total. The highest BCUT2D eigenvalue weighted by Gasteiger charge is 2.22. The first-order chi connectivity index (χ1) is 12.0. The van der Waals surface area contributed by atoms with Crippen molar-refractivity contribution in [3.63, 3.8) is 0 Å². The fourth-order valence-corrected chi connectivity index (χ4v) is 3.45. The van der Waals surface area contributed by atoms with Crippen LogP contribution in [0.15, 0.2) is 47.8 Å². The summed E-state index contributed by atoms with van der Waals surface area (Å²) >= 11 is 12.9. The molecule has 0 spiro atoms. The summed E-state index contributed by atoms with van der Waals surface area (Å²) in [6, 6.07) is 9.81. The minimum atomic E-state index is -0.842. The zero-order valence-electron chi connectivity index (χ0n) is 12.5. The van der Waals surface area contributed by atoms with Crippen molar-refractivity contribution in [2.45, 2.75) is 6.04 Å². The van der Waals surface area contributed by atoms with Crippen LogP contribution in [0, 0.1) is 11.6 Å². The molecule has 3 nitrogen and oxygen atoms in total. The highest BCUT2D eigenvalue weighted by Crippen LogP contribution is 2.28. The van der Waals surface area contributed by atoms with Crippen molar-refractivity contribution in [1.82, 2.24) is 10.3 Å². The van der Waals surface area contributed by atoms with Crippen LogP contribution in [0.5, 0.6) is 0 Å². The Balaban J connectivity index is 1.94. The van der Waals surface area contributed by atoms with Crippen LogP contribution in [0.3, 0.4) is 0 Å². The van der Waals surface area contributed by atoms with E-state index in [1.165, 1.54) is 23.5 Å². The van der Waals surface area contributed by atoms with E-state index in [0.717, 1.165) is 10.9 Å². The van der Waals surface area contributed by atoms with Crippen molar-refractivity contribution >= 4 is 40.4 Å². The first-order valence-corrected chi connectivity index (χ1v) is 8.70. The van der Waals surface area contributed by atoms with Gasteiger partial charge in [-0.2, -0.15) is 0 Å². The number of halogens is 4.